The molecule has 0 amide bonds. The first-order valence-corrected chi connectivity index (χ1v) is 8.73. The molecular formula is C20H22N3O3+. The molecule has 4 rings (SSSR count). The molecule has 3 aromatic rings. The molecule has 0 bridgehead atoms. The molecule has 0 fully saturated rings. The molecule has 0 radical (unpaired) electrons. The second-order valence-corrected chi connectivity index (χ2v) is 6.61. The van der Waals surface area contributed by atoms with Crippen LogP contribution in [0.3, 0.4) is 0 Å². The maximum atomic E-state index is 12.3. The molecule has 2 aromatic carbocycles. The molecule has 6 heteroatoms. The Morgan fingerprint density at radius 2 is 1.85 bits per heavy atom. The van der Waals surface area contributed by atoms with E-state index in [2.05, 4.69) is 22.1 Å². The van der Waals surface area contributed by atoms with Crippen LogP contribution in [-0.2, 0) is 19.5 Å². The number of rotatable bonds is 4. The third-order valence-electron chi connectivity index (χ3n) is 4.97. The van der Waals surface area contributed by atoms with Crippen molar-refractivity contribution in [1.82, 2.24) is 9.97 Å². The number of nitrogens with zero attached hydrogens (tertiary/aromatic N) is 1. The Morgan fingerprint density at radius 3 is 2.62 bits per heavy atom. The normalized spacial score (nSPS) is 16.3. The molecule has 1 aliphatic heterocycles. The van der Waals surface area contributed by atoms with Crippen molar-refractivity contribution in [3.63, 3.8) is 0 Å². The average Bonchev–Trinajstić information content (AvgIpc) is 2.67. The van der Waals surface area contributed by atoms with E-state index in [-0.39, 0.29) is 5.56 Å². The Morgan fingerprint density at radius 1 is 1.12 bits per heavy atom. The van der Waals surface area contributed by atoms with Crippen molar-refractivity contribution < 1.29 is 14.4 Å². The number of nitrogens with one attached hydrogen (secondary N) is 2. The van der Waals surface area contributed by atoms with E-state index in [0.717, 1.165) is 42.4 Å². The summed E-state index contributed by atoms with van der Waals surface area (Å²) < 4.78 is 10.8. The van der Waals surface area contributed by atoms with E-state index < -0.39 is 0 Å². The molecular weight excluding hydrogens is 330 g/mol. The SMILES string of the molecule is COc1cc2c(cc1OC)C[NH+](Cc1nc3ccccc3c(=O)[nH]1)CC2. The minimum absolute atomic E-state index is 0.0752. The first-order valence-electron chi connectivity index (χ1n) is 8.73. The number of hydrogen-bond acceptors (Lipinski definition) is 4. The molecule has 2 N–H and O–H groups in total. The fraction of sp³-hybridized carbons (Fsp3) is 0.300. The van der Waals surface area contributed by atoms with Gasteiger partial charge in [0.05, 0.1) is 31.7 Å². The highest BCUT2D eigenvalue weighted by atomic mass is 16.5. The van der Waals surface area contributed by atoms with Crippen LogP contribution in [0.5, 0.6) is 11.5 Å². The number of para-hydroxylation sites is 1. The number of aromatic amines is 1. The van der Waals surface area contributed by atoms with Gasteiger partial charge in [-0.05, 0) is 29.8 Å². The lowest BCUT2D eigenvalue weighted by Gasteiger charge is -2.26. The van der Waals surface area contributed by atoms with Crippen LogP contribution in [0.25, 0.3) is 10.9 Å². The second-order valence-electron chi connectivity index (χ2n) is 6.61. The molecule has 2 heterocycles. The molecule has 0 saturated carbocycles. The fourth-order valence-corrected chi connectivity index (χ4v) is 3.64. The number of quaternary nitrogens is 1. The average molecular weight is 352 g/mol. The third kappa shape index (κ3) is 3.04. The molecule has 0 aliphatic carbocycles. The predicted molar refractivity (Wildman–Crippen MR) is 98.9 cm³/mol. The van der Waals surface area contributed by atoms with Gasteiger partial charge in [0.1, 0.15) is 13.1 Å². The van der Waals surface area contributed by atoms with Crippen LogP contribution < -0.4 is 19.9 Å². The Bertz CT molecular complexity index is 1010. The van der Waals surface area contributed by atoms with Gasteiger partial charge in [0, 0.05) is 12.0 Å². The quantitative estimate of drug-likeness (QED) is 0.737. The number of aromatic nitrogens is 2. The van der Waals surface area contributed by atoms with Gasteiger partial charge in [-0.2, -0.15) is 0 Å². The largest absolute Gasteiger partial charge is 0.493 e. The number of ether oxygens (including phenoxy) is 2. The zero-order valence-corrected chi connectivity index (χ0v) is 15.0. The van der Waals surface area contributed by atoms with Crippen molar-refractivity contribution in [1.29, 1.82) is 0 Å². The number of fused-ring (bicyclic) bond motifs is 2. The molecule has 0 saturated heterocycles. The van der Waals surface area contributed by atoms with E-state index in [4.69, 9.17) is 9.47 Å². The minimum atomic E-state index is -0.0752. The Kier molecular flexibility index (Phi) is 4.34. The van der Waals surface area contributed by atoms with Crippen LogP contribution >= 0.6 is 0 Å². The molecule has 26 heavy (non-hydrogen) atoms. The summed E-state index contributed by atoms with van der Waals surface area (Å²) in [4.78, 5) is 21.2. The highest BCUT2D eigenvalue weighted by Crippen LogP contribution is 2.31. The van der Waals surface area contributed by atoms with Crippen molar-refractivity contribution in [3.05, 3.63) is 63.7 Å². The number of benzene rings is 2. The third-order valence-corrected chi connectivity index (χ3v) is 4.97. The van der Waals surface area contributed by atoms with E-state index in [0.29, 0.717) is 11.9 Å². The van der Waals surface area contributed by atoms with Crippen molar-refractivity contribution >= 4 is 10.9 Å². The van der Waals surface area contributed by atoms with Crippen molar-refractivity contribution in [3.8, 4) is 11.5 Å². The van der Waals surface area contributed by atoms with Gasteiger partial charge in [0.15, 0.2) is 17.3 Å². The van der Waals surface area contributed by atoms with Crippen LogP contribution in [0.1, 0.15) is 17.0 Å². The molecule has 0 spiro atoms. The van der Waals surface area contributed by atoms with Crippen molar-refractivity contribution in [2.24, 2.45) is 0 Å². The van der Waals surface area contributed by atoms with Crippen LogP contribution in [-0.4, -0.2) is 30.7 Å². The van der Waals surface area contributed by atoms with Gasteiger partial charge in [0.2, 0.25) is 0 Å². The predicted octanol–water partition coefficient (Wildman–Crippen LogP) is 1.08. The van der Waals surface area contributed by atoms with Gasteiger partial charge in [-0.1, -0.05) is 12.1 Å². The topological polar surface area (TPSA) is 68.7 Å². The maximum Gasteiger partial charge on any atom is 0.258 e. The molecule has 6 nitrogen and oxygen atoms in total. The van der Waals surface area contributed by atoms with Gasteiger partial charge in [-0.15, -0.1) is 0 Å². The van der Waals surface area contributed by atoms with E-state index in [1.54, 1.807) is 20.3 Å². The summed E-state index contributed by atoms with van der Waals surface area (Å²) in [6, 6.07) is 11.6. The summed E-state index contributed by atoms with van der Waals surface area (Å²) in [5.74, 6) is 2.26. The monoisotopic (exact) mass is 352 g/mol. The zero-order valence-electron chi connectivity index (χ0n) is 15.0. The van der Waals surface area contributed by atoms with Crippen LogP contribution in [0.15, 0.2) is 41.2 Å². The summed E-state index contributed by atoms with van der Waals surface area (Å²) in [5.41, 5.74) is 3.22. The standard InChI is InChI=1S/C20H21N3O3/c1-25-17-9-13-7-8-23(11-14(13)10-18(17)26-2)12-19-21-16-6-4-3-5-15(16)20(24)22-19/h3-6,9-10H,7-8,11-12H2,1-2H3,(H,21,22,24)/p+1. The molecule has 134 valence electrons. The fourth-order valence-electron chi connectivity index (χ4n) is 3.64. The lowest BCUT2D eigenvalue weighted by atomic mass is 9.99. The van der Waals surface area contributed by atoms with Crippen molar-refractivity contribution in [2.75, 3.05) is 20.8 Å². The molecule has 1 atom stereocenters. The molecule has 1 unspecified atom stereocenters. The van der Waals surface area contributed by atoms with Gasteiger partial charge >= 0.3 is 0 Å². The Labute approximate surface area is 151 Å². The Balaban J connectivity index is 1.59. The van der Waals surface area contributed by atoms with Gasteiger partial charge in [-0.25, -0.2) is 4.98 Å². The van der Waals surface area contributed by atoms with Gasteiger partial charge < -0.3 is 19.4 Å². The van der Waals surface area contributed by atoms with Gasteiger partial charge in [0.25, 0.3) is 5.56 Å². The molecule has 1 aromatic heterocycles. The lowest BCUT2D eigenvalue weighted by molar-refractivity contribution is -0.930. The summed E-state index contributed by atoms with van der Waals surface area (Å²) >= 11 is 0. The second kappa shape index (κ2) is 6.80. The number of methoxy groups -OCH3 is 2. The first-order chi connectivity index (χ1) is 12.7. The van der Waals surface area contributed by atoms with E-state index in [9.17, 15) is 4.79 Å². The van der Waals surface area contributed by atoms with Crippen molar-refractivity contribution in [2.45, 2.75) is 19.5 Å². The smallest absolute Gasteiger partial charge is 0.258 e. The highest BCUT2D eigenvalue weighted by molar-refractivity contribution is 5.77. The Hall–Kier alpha value is -2.86. The van der Waals surface area contributed by atoms with Gasteiger partial charge in [-0.3, -0.25) is 4.79 Å². The summed E-state index contributed by atoms with van der Waals surface area (Å²) in [7, 11) is 3.31. The van der Waals surface area contributed by atoms with E-state index in [1.165, 1.54) is 16.0 Å². The van der Waals surface area contributed by atoms with Crippen LogP contribution in [0.2, 0.25) is 0 Å². The van der Waals surface area contributed by atoms with E-state index in [1.807, 2.05) is 18.2 Å². The van der Waals surface area contributed by atoms with Crippen LogP contribution in [0.4, 0.5) is 0 Å². The maximum absolute atomic E-state index is 12.3. The summed E-state index contributed by atoms with van der Waals surface area (Å²) in [6.07, 6.45) is 0.961. The highest BCUT2D eigenvalue weighted by Gasteiger charge is 2.23. The minimum Gasteiger partial charge on any atom is -0.493 e. The molecule has 1 aliphatic rings. The first kappa shape index (κ1) is 16.6. The van der Waals surface area contributed by atoms with E-state index >= 15 is 0 Å². The lowest BCUT2D eigenvalue weighted by Crippen LogP contribution is -3.10. The number of H-pyrrole nitrogens is 1. The zero-order chi connectivity index (χ0) is 18.1. The number of hydrogen-bond donors (Lipinski definition) is 2. The summed E-state index contributed by atoms with van der Waals surface area (Å²) in [6.45, 7) is 2.54. The summed E-state index contributed by atoms with van der Waals surface area (Å²) in [5, 5.41) is 0.632. The van der Waals surface area contributed by atoms with Crippen LogP contribution in [0, 0.1) is 0 Å².